The summed E-state index contributed by atoms with van der Waals surface area (Å²) in [6, 6.07) is 0. The van der Waals surface area contributed by atoms with E-state index in [-0.39, 0.29) is 0 Å². The van der Waals surface area contributed by atoms with Gasteiger partial charge in [-0.2, -0.15) is 5.10 Å². The monoisotopic (exact) mass is 228 g/mol. The molecule has 92 valence electrons. The smallest absolute Gasteiger partial charge is 0.142 e. The van der Waals surface area contributed by atoms with Crippen molar-refractivity contribution in [1.29, 1.82) is 0 Å². The molecule has 1 rings (SSSR count). The predicted molar refractivity (Wildman–Crippen MR) is 63.6 cm³/mol. The lowest BCUT2D eigenvalue weighted by molar-refractivity contribution is 0.191. The highest BCUT2D eigenvalue weighted by Crippen LogP contribution is 2.19. The third-order valence-electron chi connectivity index (χ3n) is 2.33. The first-order valence-corrected chi connectivity index (χ1v) is 5.31. The van der Waals surface area contributed by atoms with Crippen LogP contribution in [0.15, 0.2) is 6.20 Å². The minimum atomic E-state index is 0.591. The number of nitrogens with one attached hydrogen (secondary N) is 1. The van der Waals surface area contributed by atoms with Crippen molar-refractivity contribution in [3.8, 4) is 0 Å². The normalized spacial score (nSPS) is 10.6. The van der Waals surface area contributed by atoms with Gasteiger partial charge in [0.05, 0.1) is 18.5 Å². The molecule has 0 saturated heterocycles. The minimum absolute atomic E-state index is 0.591. The average Bonchev–Trinajstić information content (AvgIpc) is 2.70. The first-order chi connectivity index (χ1) is 7.79. The first-order valence-electron chi connectivity index (χ1n) is 5.31. The van der Waals surface area contributed by atoms with Gasteiger partial charge in [0.2, 0.25) is 0 Å². The van der Waals surface area contributed by atoms with Crippen molar-refractivity contribution < 1.29 is 9.47 Å². The molecular formula is C10H20N4O2. The maximum atomic E-state index is 5.79. The zero-order chi connectivity index (χ0) is 11.8. The molecule has 6 nitrogen and oxygen atoms in total. The molecule has 1 aromatic heterocycles. The molecule has 1 heterocycles. The van der Waals surface area contributed by atoms with E-state index >= 15 is 0 Å². The van der Waals surface area contributed by atoms with Gasteiger partial charge in [-0.1, -0.05) is 0 Å². The Morgan fingerprint density at radius 3 is 2.62 bits per heavy atom. The highest BCUT2D eigenvalue weighted by atomic mass is 16.5. The van der Waals surface area contributed by atoms with Crippen LogP contribution in [-0.4, -0.2) is 50.7 Å². The molecule has 0 saturated carbocycles. The molecule has 0 amide bonds. The fraction of sp³-hybridized carbons (Fsp3) is 0.700. The molecule has 0 aliphatic carbocycles. The molecule has 3 N–H and O–H groups in total. The number of ether oxygens (including phenoxy) is 2. The van der Waals surface area contributed by atoms with E-state index < -0.39 is 0 Å². The van der Waals surface area contributed by atoms with E-state index in [1.807, 2.05) is 0 Å². The average molecular weight is 228 g/mol. The van der Waals surface area contributed by atoms with Gasteiger partial charge in [0.25, 0.3) is 0 Å². The number of methoxy groups -OCH3 is 2. The summed E-state index contributed by atoms with van der Waals surface area (Å²) in [5.74, 6) is 0.591. The Morgan fingerprint density at radius 2 is 2.06 bits per heavy atom. The number of nitrogen functional groups attached to an aromatic ring is 1. The third kappa shape index (κ3) is 3.71. The molecule has 1 aromatic rings. The van der Waals surface area contributed by atoms with Crippen molar-refractivity contribution in [2.24, 2.45) is 0 Å². The maximum Gasteiger partial charge on any atom is 0.142 e. The molecule has 0 radical (unpaired) electrons. The summed E-state index contributed by atoms with van der Waals surface area (Å²) in [5.41, 5.74) is 6.71. The Morgan fingerprint density at radius 1 is 1.31 bits per heavy atom. The van der Waals surface area contributed by atoms with E-state index in [0.29, 0.717) is 12.4 Å². The van der Waals surface area contributed by atoms with E-state index in [1.165, 1.54) is 0 Å². The van der Waals surface area contributed by atoms with Gasteiger partial charge in [-0.15, -0.1) is 0 Å². The summed E-state index contributed by atoms with van der Waals surface area (Å²) in [6.45, 7) is 3.07. The topological polar surface area (TPSA) is 76.4 Å². The number of hydrogen-bond donors (Lipinski definition) is 2. The zero-order valence-corrected chi connectivity index (χ0v) is 9.90. The summed E-state index contributed by atoms with van der Waals surface area (Å²) < 4.78 is 10.1. The Bertz CT molecular complexity index is 290. The van der Waals surface area contributed by atoms with Gasteiger partial charge >= 0.3 is 0 Å². The van der Waals surface area contributed by atoms with Crippen molar-refractivity contribution in [1.82, 2.24) is 10.2 Å². The molecule has 0 aliphatic rings. The van der Waals surface area contributed by atoms with Crippen LogP contribution in [0.1, 0.15) is 6.42 Å². The molecule has 0 aromatic carbocycles. The highest BCUT2D eigenvalue weighted by molar-refractivity contribution is 5.61. The predicted octanol–water partition coefficient (Wildman–Crippen LogP) is 0.481. The summed E-state index contributed by atoms with van der Waals surface area (Å²) in [4.78, 5) is 2.14. The van der Waals surface area contributed by atoms with Crippen molar-refractivity contribution in [2.75, 3.05) is 51.2 Å². The number of rotatable bonds is 8. The lowest BCUT2D eigenvalue weighted by Crippen LogP contribution is -2.29. The standard InChI is InChI=1S/C10H20N4O2/c1-15-6-3-4-14(5-7-16-2)9-8-12-13-10(9)11/h8H,3-7H2,1-2H3,(H3,11,12,13). The molecule has 0 aliphatic heterocycles. The summed E-state index contributed by atoms with van der Waals surface area (Å²) in [5, 5.41) is 6.65. The van der Waals surface area contributed by atoms with Crippen LogP contribution < -0.4 is 10.6 Å². The maximum absolute atomic E-state index is 5.79. The molecule has 0 spiro atoms. The summed E-state index contributed by atoms with van der Waals surface area (Å²) in [6.07, 6.45) is 2.68. The zero-order valence-electron chi connectivity index (χ0n) is 9.90. The van der Waals surface area contributed by atoms with Crippen LogP contribution in [0.25, 0.3) is 0 Å². The van der Waals surface area contributed by atoms with E-state index in [4.69, 9.17) is 15.2 Å². The van der Waals surface area contributed by atoms with Gasteiger partial charge in [0, 0.05) is 33.9 Å². The second-order valence-corrected chi connectivity index (χ2v) is 3.50. The van der Waals surface area contributed by atoms with Crippen LogP contribution >= 0.6 is 0 Å². The molecule has 6 heteroatoms. The lowest BCUT2D eigenvalue weighted by Gasteiger charge is -2.23. The largest absolute Gasteiger partial charge is 0.385 e. The number of anilines is 2. The van der Waals surface area contributed by atoms with Crippen molar-refractivity contribution in [2.45, 2.75) is 6.42 Å². The van der Waals surface area contributed by atoms with Crippen LogP contribution in [0.4, 0.5) is 11.5 Å². The number of nitrogens with two attached hydrogens (primary N) is 1. The summed E-state index contributed by atoms with van der Waals surface area (Å²) >= 11 is 0. The number of hydrogen-bond acceptors (Lipinski definition) is 5. The fourth-order valence-corrected chi connectivity index (χ4v) is 1.50. The number of nitrogens with zero attached hydrogens (tertiary/aromatic N) is 2. The van der Waals surface area contributed by atoms with E-state index in [1.54, 1.807) is 20.4 Å². The van der Waals surface area contributed by atoms with Gasteiger partial charge in [0.1, 0.15) is 5.82 Å². The quantitative estimate of drug-likeness (QED) is 0.633. The van der Waals surface area contributed by atoms with E-state index in [0.717, 1.165) is 31.8 Å². The molecular weight excluding hydrogens is 208 g/mol. The van der Waals surface area contributed by atoms with Gasteiger partial charge in [-0.25, -0.2) is 0 Å². The second-order valence-electron chi connectivity index (χ2n) is 3.50. The molecule has 16 heavy (non-hydrogen) atoms. The van der Waals surface area contributed by atoms with Crippen LogP contribution in [0.3, 0.4) is 0 Å². The van der Waals surface area contributed by atoms with Crippen LogP contribution in [-0.2, 0) is 9.47 Å². The molecule has 0 unspecified atom stereocenters. The van der Waals surface area contributed by atoms with E-state index in [9.17, 15) is 0 Å². The number of aromatic amines is 1. The van der Waals surface area contributed by atoms with Gasteiger partial charge in [-0.3, -0.25) is 5.10 Å². The fourth-order valence-electron chi connectivity index (χ4n) is 1.50. The van der Waals surface area contributed by atoms with Crippen LogP contribution in [0, 0.1) is 0 Å². The number of H-pyrrole nitrogens is 1. The van der Waals surface area contributed by atoms with Gasteiger partial charge in [0.15, 0.2) is 0 Å². The summed E-state index contributed by atoms with van der Waals surface area (Å²) in [7, 11) is 3.39. The first kappa shape index (κ1) is 12.8. The van der Waals surface area contributed by atoms with E-state index in [2.05, 4.69) is 15.1 Å². The van der Waals surface area contributed by atoms with Crippen LogP contribution in [0.2, 0.25) is 0 Å². The second kappa shape index (κ2) is 7.08. The third-order valence-corrected chi connectivity index (χ3v) is 2.33. The molecule has 0 atom stereocenters. The highest BCUT2D eigenvalue weighted by Gasteiger charge is 2.10. The Labute approximate surface area is 95.7 Å². The Kier molecular flexibility index (Phi) is 5.66. The minimum Gasteiger partial charge on any atom is -0.385 e. The Hall–Kier alpha value is -1.27. The SMILES string of the molecule is COCCCN(CCOC)c1cn[nH]c1N. The van der Waals surface area contributed by atoms with Crippen molar-refractivity contribution >= 4 is 11.5 Å². The van der Waals surface area contributed by atoms with Crippen molar-refractivity contribution in [3.63, 3.8) is 0 Å². The van der Waals surface area contributed by atoms with Gasteiger partial charge < -0.3 is 20.1 Å². The number of aromatic nitrogens is 2. The Balaban J connectivity index is 2.53. The van der Waals surface area contributed by atoms with Crippen molar-refractivity contribution in [3.05, 3.63) is 6.20 Å². The van der Waals surface area contributed by atoms with Gasteiger partial charge in [-0.05, 0) is 6.42 Å². The lowest BCUT2D eigenvalue weighted by atomic mass is 10.3. The molecule has 0 bridgehead atoms. The molecule has 0 fully saturated rings. The van der Waals surface area contributed by atoms with Crippen LogP contribution in [0.5, 0.6) is 0 Å².